The van der Waals surface area contributed by atoms with Crippen molar-refractivity contribution in [2.24, 2.45) is 10.9 Å². The number of halogens is 2. The number of amidine groups is 1. The van der Waals surface area contributed by atoms with Crippen LogP contribution >= 0.6 is 11.6 Å². The summed E-state index contributed by atoms with van der Waals surface area (Å²) in [4.78, 5) is 11.5. The van der Waals surface area contributed by atoms with E-state index in [1.807, 2.05) is 0 Å². The van der Waals surface area contributed by atoms with Crippen LogP contribution in [0.1, 0.15) is 16.8 Å². The maximum absolute atomic E-state index is 13.3. The Morgan fingerprint density at radius 2 is 2.29 bits per heavy atom. The lowest BCUT2D eigenvalue weighted by Gasteiger charge is -2.05. The van der Waals surface area contributed by atoms with Crippen LogP contribution in [0.15, 0.2) is 23.4 Å². The molecular formula is C10H11ClFN3O2. The largest absolute Gasteiger partial charge is 0.409 e. The number of oxime groups is 1. The van der Waals surface area contributed by atoms with Gasteiger partial charge in [-0.2, -0.15) is 0 Å². The highest BCUT2D eigenvalue weighted by Gasteiger charge is 2.11. The third-order valence-electron chi connectivity index (χ3n) is 1.97. The molecule has 1 aromatic carbocycles. The second-order valence-electron chi connectivity index (χ2n) is 3.22. The predicted octanol–water partition coefficient (Wildman–Crippen LogP) is 1.35. The molecule has 0 atom stereocenters. The van der Waals surface area contributed by atoms with Crippen LogP contribution in [0.5, 0.6) is 0 Å². The van der Waals surface area contributed by atoms with Gasteiger partial charge in [-0.05, 0) is 18.2 Å². The minimum absolute atomic E-state index is 0.0121. The first-order valence-electron chi connectivity index (χ1n) is 4.74. The van der Waals surface area contributed by atoms with Gasteiger partial charge in [-0.3, -0.25) is 4.79 Å². The number of benzene rings is 1. The van der Waals surface area contributed by atoms with E-state index in [9.17, 15) is 9.18 Å². The predicted molar refractivity (Wildman–Crippen MR) is 61.8 cm³/mol. The molecule has 0 saturated carbocycles. The Morgan fingerprint density at radius 3 is 2.88 bits per heavy atom. The summed E-state index contributed by atoms with van der Waals surface area (Å²) < 4.78 is 13.3. The summed E-state index contributed by atoms with van der Waals surface area (Å²) >= 11 is 5.55. The number of nitrogens with zero attached hydrogens (tertiary/aromatic N) is 1. The number of carbonyl (C=O) groups excluding carboxylic acids is 1. The molecule has 0 heterocycles. The van der Waals surface area contributed by atoms with E-state index in [0.717, 1.165) is 6.07 Å². The third-order valence-corrected chi connectivity index (χ3v) is 2.21. The van der Waals surface area contributed by atoms with Gasteiger partial charge in [0.1, 0.15) is 11.7 Å². The lowest BCUT2D eigenvalue weighted by molar-refractivity contribution is 0.0950. The van der Waals surface area contributed by atoms with E-state index in [1.54, 1.807) is 0 Å². The first kappa shape index (κ1) is 13.2. The molecule has 1 rings (SSSR count). The molecule has 0 bridgehead atoms. The summed E-state index contributed by atoms with van der Waals surface area (Å²) in [7, 11) is 0. The maximum atomic E-state index is 13.3. The molecule has 17 heavy (non-hydrogen) atoms. The minimum atomic E-state index is -0.696. The fourth-order valence-corrected chi connectivity index (χ4v) is 1.28. The van der Waals surface area contributed by atoms with Crippen LogP contribution in [0.4, 0.5) is 4.39 Å². The van der Waals surface area contributed by atoms with Gasteiger partial charge in [0.2, 0.25) is 0 Å². The van der Waals surface area contributed by atoms with E-state index in [-0.39, 0.29) is 29.4 Å². The van der Waals surface area contributed by atoms with Gasteiger partial charge in [-0.15, -0.1) is 0 Å². The average molecular weight is 260 g/mol. The van der Waals surface area contributed by atoms with Gasteiger partial charge in [0.25, 0.3) is 5.91 Å². The Labute approximate surface area is 102 Å². The number of hydrogen-bond donors (Lipinski definition) is 3. The van der Waals surface area contributed by atoms with Gasteiger partial charge in [0, 0.05) is 18.0 Å². The first-order valence-corrected chi connectivity index (χ1v) is 5.12. The molecule has 0 aromatic heterocycles. The van der Waals surface area contributed by atoms with Crippen LogP contribution in [-0.4, -0.2) is 23.5 Å². The summed E-state index contributed by atoms with van der Waals surface area (Å²) in [6.07, 6.45) is 0.178. The highest BCUT2D eigenvalue weighted by molar-refractivity contribution is 6.30. The van der Waals surface area contributed by atoms with Gasteiger partial charge in [0.15, 0.2) is 0 Å². The molecule has 4 N–H and O–H groups in total. The molecule has 0 unspecified atom stereocenters. The number of rotatable bonds is 4. The van der Waals surface area contributed by atoms with Gasteiger partial charge < -0.3 is 16.3 Å². The van der Waals surface area contributed by atoms with E-state index < -0.39 is 11.7 Å². The van der Waals surface area contributed by atoms with Crippen molar-refractivity contribution in [2.45, 2.75) is 6.42 Å². The summed E-state index contributed by atoms with van der Waals surface area (Å²) in [6, 6.07) is 3.76. The second kappa shape index (κ2) is 6.05. The Kier molecular flexibility index (Phi) is 4.71. The second-order valence-corrected chi connectivity index (χ2v) is 3.66. The number of carbonyl (C=O) groups is 1. The molecule has 0 radical (unpaired) electrons. The van der Waals surface area contributed by atoms with Gasteiger partial charge >= 0.3 is 0 Å². The fourth-order valence-electron chi connectivity index (χ4n) is 1.12. The molecule has 0 aliphatic rings. The zero-order valence-electron chi connectivity index (χ0n) is 8.78. The smallest absolute Gasteiger partial charge is 0.254 e. The fraction of sp³-hybridized carbons (Fsp3) is 0.200. The SMILES string of the molecule is NC(CCNC(=O)c1ccc(Cl)cc1F)=NO. The molecule has 0 saturated heterocycles. The van der Waals surface area contributed by atoms with Crippen LogP contribution < -0.4 is 11.1 Å². The molecule has 92 valence electrons. The molecule has 1 amide bonds. The minimum Gasteiger partial charge on any atom is -0.409 e. The molecule has 7 heteroatoms. The van der Waals surface area contributed by atoms with Crippen LogP contribution in [0.2, 0.25) is 5.02 Å². The van der Waals surface area contributed by atoms with Gasteiger partial charge in [-0.1, -0.05) is 16.8 Å². The van der Waals surface area contributed by atoms with Crippen molar-refractivity contribution >= 4 is 23.3 Å². The monoisotopic (exact) mass is 259 g/mol. The highest BCUT2D eigenvalue weighted by atomic mass is 35.5. The normalized spacial score (nSPS) is 11.3. The third kappa shape index (κ3) is 3.92. The zero-order chi connectivity index (χ0) is 12.8. The van der Waals surface area contributed by atoms with E-state index in [1.165, 1.54) is 12.1 Å². The quantitative estimate of drug-likeness (QED) is 0.330. The van der Waals surface area contributed by atoms with Gasteiger partial charge in [0.05, 0.1) is 5.56 Å². The van der Waals surface area contributed by atoms with Crippen LogP contribution in [0, 0.1) is 5.82 Å². The number of nitrogens with one attached hydrogen (secondary N) is 1. The molecule has 0 aliphatic heterocycles. The van der Waals surface area contributed by atoms with Crippen molar-refractivity contribution in [3.8, 4) is 0 Å². The number of amides is 1. The Morgan fingerprint density at radius 1 is 1.59 bits per heavy atom. The van der Waals surface area contributed by atoms with E-state index in [2.05, 4.69) is 10.5 Å². The summed E-state index contributed by atoms with van der Waals surface area (Å²) in [5.41, 5.74) is 5.10. The van der Waals surface area contributed by atoms with Gasteiger partial charge in [-0.25, -0.2) is 4.39 Å². The van der Waals surface area contributed by atoms with Crippen molar-refractivity contribution < 1.29 is 14.4 Å². The molecular weight excluding hydrogens is 249 g/mol. The van der Waals surface area contributed by atoms with Crippen molar-refractivity contribution in [1.82, 2.24) is 5.32 Å². The van der Waals surface area contributed by atoms with Crippen molar-refractivity contribution in [2.75, 3.05) is 6.54 Å². The van der Waals surface area contributed by atoms with E-state index in [4.69, 9.17) is 22.5 Å². The molecule has 1 aromatic rings. The Balaban J connectivity index is 2.58. The summed E-state index contributed by atoms with van der Waals surface area (Å²) in [5, 5.41) is 13.7. The Hall–Kier alpha value is -1.82. The standard InChI is InChI=1S/C10H11ClFN3O2/c11-6-1-2-7(8(12)5-6)10(16)14-4-3-9(13)15-17/h1-2,5,17H,3-4H2,(H2,13,15)(H,14,16). The average Bonchev–Trinajstić information content (AvgIpc) is 2.28. The van der Waals surface area contributed by atoms with Crippen LogP contribution in [0.3, 0.4) is 0 Å². The lowest BCUT2D eigenvalue weighted by atomic mass is 10.2. The topological polar surface area (TPSA) is 87.7 Å². The maximum Gasteiger partial charge on any atom is 0.254 e. The summed E-state index contributed by atoms with van der Waals surface area (Å²) in [6.45, 7) is 0.150. The number of nitrogens with two attached hydrogens (primary N) is 1. The van der Waals surface area contributed by atoms with Crippen LogP contribution in [-0.2, 0) is 0 Å². The van der Waals surface area contributed by atoms with Crippen molar-refractivity contribution in [3.05, 3.63) is 34.6 Å². The summed E-state index contributed by atoms with van der Waals surface area (Å²) in [5.74, 6) is -1.29. The molecule has 0 aliphatic carbocycles. The lowest BCUT2D eigenvalue weighted by Crippen LogP contribution is -2.28. The molecule has 0 spiro atoms. The highest BCUT2D eigenvalue weighted by Crippen LogP contribution is 2.14. The van der Waals surface area contributed by atoms with E-state index >= 15 is 0 Å². The van der Waals surface area contributed by atoms with Crippen LogP contribution in [0.25, 0.3) is 0 Å². The van der Waals surface area contributed by atoms with E-state index in [0.29, 0.717) is 0 Å². The van der Waals surface area contributed by atoms with Crippen molar-refractivity contribution in [3.63, 3.8) is 0 Å². The van der Waals surface area contributed by atoms with Crippen molar-refractivity contribution in [1.29, 1.82) is 0 Å². The Bertz CT molecular complexity index is 451. The molecule has 0 fully saturated rings. The first-order chi connectivity index (χ1) is 8.04. The molecule has 5 nitrogen and oxygen atoms in total. The number of hydrogen-bond acceptors (Lipinski definition) is 3. The zero-order valence-corrected chi connectivity index (χ0v) is 9.54.